The number of fused-ring (bicyclic) bond motifs is 1. The van der Waals surface area contributed by atoms with Crippen LogP contribution in [0.25, 0.3) is 0 Å². The minimum atomic E-state index is -0.321. The van der Waals surface area contributed by atoms with E-state index in [2.05, 4.69) is 0 Å². The number of hydrogen-bond donors (Lipinski definition) is 0. The first kappa shape index (κ1) is 13.5. The van der Waals surface area contributed by atoms with Gasteiger partial charge < -0.3 is 9.64 Å². The van der Waals surface area contributed by atoms with Gasteiger partial charge in [0, 0.05) is 5.92 Å². The highest BCUT2D eigenvalue weighted by Gasteiger charge is 2.37. The number of anilines is 1. The fourth-order valence-corrected chi connectivity index (χ4v) is 3.33. The first-order valence-corrected chi connectivity index (χ1v) is 7.66. The molecule has 2 aliphatic rings. The highest BCUT2D eigenvalue weighted by atomic mass is 16.5. The highest BCUT2D eigenvalue weighted by Crippen LogP contribution is 2.38. The minimum Gasteiger partial charge on any atom is -0.484 e. The monoisotopic (exact) mass is 273 g/mol. The zero-order chi connectivity index (χ0) is 14.2. The molecule has 0 atom stereocenters. The van der Waals surface area contributed by atoms with Gasteiger partial charge in [0.1, 0.15) is 11.4 Å². The molecule has 0 spiro atoms. The van der Waals surface area contributed by atoms with Gasteiger partial charge in [-0.2, -0.15) is 0 Å². The number of nitrogens with zero attached hydrogens (tertiary/aromatic N) is 1. The molecule has 1 saturated carbocycles. The van der Waals surface area contributed by atoms with E-state index < -0.39 is 0 Å². The van der Waals surface area contributed by atoms with Crippen LogP contribution < -0.4 is 9.64 Å². The quantitative estimate of drug-likeness (QED) is 0.779. The Morgan fingerprint density at radius 1 is 1.20 bits per heavy atom. The largest absolute Gasteiger partial charge is 0.484 e. The van der Waals surface area contributed by atoms with E-state index in [0.29, 0.717) is 6.54 Å². The molecular weight excluding hydrogens is 250 g/mol. The van der Waals surface area contributed by atoms with Crippen LogP contribution in [0.15, 0.2) is 24.3 Å². The summed E-state index contributed by atoms with van der Waals surface area (Å²) in [6.07, 6.45) is 5.73. The first-order chi connectivity index (χ1) is 9.57. The van der Waals surface area contributed by atoms with E-state index in [1.165, 1.54) is 19.3 Å². The lowest BCUT2D eigenvalue weighted by Crippen LogP contribution is -2.51. The maximum Gasteiger partial charge on any atom is 0.230 e. The van der Waals surface area contributed by atoms with E-state index in [4.69, 9.17) is 4.74 Å². The minimum absolute atomic E-state index is 0.200. The van der Waals surface area contributed by atoms with Gasteiger partial charge in [0.2, 0.25) is 5.91 Å². The molecule has 1 aliphatic heterocycles. The summed E-state index contributed by atoms with van der Waals surface area (Å²) in [6.45, 7) is 4.73. The van der Waals surface area contributed by atoms with Crippen molar-refractivity contribution in [3.8, 4) is 5.75 Å². The van der Waals surface area contributed by atoms with Crippen LogP contribution in [0, 0.1) is 5.92 Å². The van der Waals surface area contributed by atoms with Gasteiger partial charge >= 0.3 is 0 Å². The molecule has 1 aliphatic carbocycles. The molecule has 0 aromatic heterocycles. The molecule has 1 aromatic rings. The molecule has 0 N–H and O–H groups in total. The molecule has 1 heterocycles. The van der Waals surface area contributed by atoms with Gasteiger partial charge in [0.15, 0.2) is 0 Å². The van der Waals surface area contributed by atoms with Crippen molar-refractivity contribution in [2.24, 2.45) is 5.92 Å². The Morgan fingerprint density at radius 2 is 1.90 bits per heavy atom. The van der Waals surface area contributed by atoms with Crippen molar-refractivity contribution in [1.29, 1.82) is 0 Å². The third kappa shape index (κ3) is 2.54. The smallest absolute Gasteiger partial charge is 0.230 e. The normalized spacial score (nSPS) is 22.0. The molecule has 0 unspecified atom stereocenters. The second-order valence-electron chi connectivity index (χ2n) is 6.59. The molecule has 0 saturated heterocycles. The number of ether oxygens (including phenoxy) is 1. The highest BCUT2D eigenvalue weighted by molar-refractivity contribution is 5.97. The van der Waals surface area contributed by atoms with Crippen LogP contribution >= 0.6 is 0 Å². The lowest BCUT2D eigenvalue weighted by molar-refractivity contribution is -0.124. The van der Waals surface area contributed by atoms with Crippen LogP contribution in [0.4, 0.5) is 5.69 Å². The molecule has 0 radical (unpaired) electrons. The molecule has 3 rings (SSSR count). The second kappa shape index (κ2) is 5.12. The summed E-state index contributed by atoms with van der Waals surface area (Å²) in [6, 6.07) is 7.88. The summed E-state index contributed by atoms with van der Waals surface area (Å²) in [4.78, 5) is 14.8. The molecule has 3 heteroatoms. The van der Waals surface area contributed by atoms with Gasteiger partial charge in [-0.1, -0.05) is 31.4 Å². The number of rotatable bonds is 1. The van der Waals surface area contributed by atoms with Gasteiger partial charge in [0.05, 0.1) is 12.2 Å². The van der Waals surface area contributed by atoms with E-state index in [0.717, 1.165) is 24.3 Å². The van der Waals surface area contributed by atoms with Gasteiger partial charge in [-0.15, -0.1) is 0 Å². The summed E-state index contributed by atoms with van der Waals surface area (Å²) in [5, 5.41) is 0. The Morgan fingerprint density at radius 3 is 2.65 bits per heavy atom. The van der Waals surface area contributed by atoms with Crippen molar-refractivity contribution < 1.29 is 9.53 Å². The Kier molecular flexibility index (Phi) is 3.45. The SMILES string of the molecule is CC1(C)CN(C(=O)C2CCCCC2)c2ccccc2O1. The predicted molar refractivity (Wildman–Crippen MR) is 80.1 cm³/mol. The average molecular weight is 273 g/mol. The Hall–Kier alpha value is -1.51. The lowest BCUT2D eigenvalue weighted by Gasteiger charge is -2.41. The van der Waals surface area contributed by atoms with E-state index in [1.807, 2.05) is 43.0 Å². The predicted octanol–water partition coefficient (Wildman–Crippen LogP) is 3.77. The van der Waals surface area contributed by atoms with Crippen molar-refractivity contribution in [2.75, 3.05) is 11.4 Å². The fourth-order valence-electron chi connectivity index (χ4n) is 3.33. The fraction of sp³-hybridized carbons (Fsp3) is 0.588. The molecular formula is C17H23NO2. The number of hydrogen-bond acceptors (Lipinski definition) is 2. The molecule has 3 nitrogen and oxygen atoms in total. The summed E-state index contributed by atoms with van der Waals surface area (Å²) in [5.41, 5.74) is 0.612. The third-order valence-corrected chi connectivity index (χ3v) is 4.30. The van der Waals surface area contributed by atoms with E-state index in [-0.39, 0.29) is 17.4 Å². The third-order valence-electron chi connectivity index (χ3n) is 4.30. The summed E-state index contributed by atoms with van der Waals surface area (Å²) in [7, 11) is 0. The molecule has 1 fully saturated rings. The molecule has 0 bridgehead atoms. The number of benzene rings is 1. The topological polar surface area (TPSA) is 29.5 Å². The maximum absolute atomic E-state index is 12.9. The van der Waals surface area contributed by atoms with Crippen molar-refractivity contribution in [3.05, 3.63) is 24.3 Å². The van der Waals surface area contributed by atoms with E-state index in [1.54, 1.807) is 0 Å². The Bertz CT molecular complexity index is 503. The number of para-hydroxylation sites is 2. The summed E-state index contributed by atoms with van der Waals surface area (Å²) < 4.78 is 5.99. The molecule has 1 aromatic carbocycles. The van der Waals surface area contributed by atoms with Crippen LogP contribution in [0.5, 0.6) is 5.75 Å². The van der Waals surface area contributed by atoms with Gasteiger partial charge in [-0.25, -0.2) is 0 Å². The first-order valence-electron chi connectivity index (χ1n) is 7.66. The van der Waals surface area contributed by atoms with Crippen molar-refractivity contribution in [1.82, 2.24) is 0 Å². The van der Waals surface area contributed by atoms with E-state index >= 15 is 0 Å². The molecule has 1 amide bonds. The molecule has 20 heavy (non-hydrogen) atoms. The Balaban J connectivity index is 1.89. The van der Waals surface area contributed by atoms with Crippen LogP contribution in [-0.4, -0.2) is 18.1 Å². The van der Waals surface area contributed by atoms with Crippen molar-refractivity contribution in [3.63, 3.8) is 0 Å². The maximum atomic E-state index is 12.9. The summed E-state index contributed by atoms with van der Waals surface area (Å²) in [5.74, 6) is 1.31. The van der Waals surface area contributed by atoms with Crippen LogP contribution in [0.2, 0.25) is 0 Å². The van der Waals surface area contributed by atoms with Gasteiger partial charge in [0.25, 0.3) is 0 Å². The van der Waals surface area contributed by atoms with Crippen LogP contribution in [-0.2, 0) is 4.79 Å². The summed E-state index contributed by atoms with van der Waals surface area (Å²) >= 11 is 0. The van der Waals surface area contributed by atoms with Crippen LogP contribution in [0.3, 0.4) is 0 Å². The van der Waals surface area contributed by atoms with Gasteiger partial charge in [-0.05, 0) is 38.8 Å². The van der Waals surface area contributed by atoms with Crippen molar-refractivity contribution >= 4 is 11.6 Å². The standard InChI is InChI=1S/C17H23NO2/c1-17(2)12-18(14-10-6-7-11-15(14)20-17)16(19)13-8-4-3-5-9-13/h6-7,10-11,13H,3-5,8-9,12H2,1-2H3. The van der Waals surface area contributed by atoms with Gasteiger partial charge in [-0.3, -0.25) is 4.79 Å². The number of amides is 1. The van der Waals surface area contributed by atoms with Crippen molar-refractivity contribution in [2.45, 2.75) is 51.6 Å². The second-order valence-corrected chi connectivity index (χ2v) is 6.59. The Labute approximate surface area is 120 Å². The lowest BCUT2D eigenvalue weighted by atomic mass is 9.87. The zero-order valence-corrected chi connectivity index (χ0v) is 12.4. The number of carbonyl (C=O) groups is 1. The zero-order valence-electron chi connectivity index (χ0n) is 12.4. The average Bonchev–Trinajstić information content (AvgIpc) is 2.45. The van der Waals surface area contributed by atoms with Crippen LogP contribution in [0.1, 0.15) is 46.0 Å². The van der Waals surface area contributed by atoms with E-state index in [9.17, 15) is 4.79 Å². The molecule has 108 valence electrons. The number of carbonyl (C=O) groups excluding carboxylic acids is 1.